The van der Waals surface area contributed by atoms with Gasteiger partial charge in [0.05, 0.1) is 5.71 Å². The van der Waals surface area contributed by atoms with Crippen LogP contribution >= 0.6 is 22.9 Å². The van der Waals surface area contributed by atoms with Crippen molar-refractivity contribution < 1.29 is 4.39 Å². The Balaban J connectivity index is 1.75. The Kier molecular flexibility index (Phi) is 5.89. The van der Waals surface area contributed by atoms with E-state index in [0.717, 1.165) is 26.6 Å². The van der Waals surface area contributed by atoms with Crippen molar-refractivity contribution in [2.24, 2.45) is 0 Å². The Labute approximate surface area is 189 Å². The maximum absolute atomic E-state index is 14.0. The molecule has 4 rings (SSSR count). The fourth-order valence-corrected chi connectivity index (χ4v) is 4.70. The number of benzene rings is 2. The summed E-state index contributed by atoms with van der Waals surface area (Å²) in [5.41, 5.74) is 3.58. The van der Waals surface area contributed by atoms with E-state index in [4.69, 9.17) is 17.0 Å². The van der Waals surface area contributed by atoms with Gasteiger partial charge in [0.25, 0.3) is 0 Å². The highest BCUT2D eigenvalue weighted by molar-refractivity contribution is 7.15. The lowest BCUT2D eigenvalue weighted by atomic mass is 10.0. The molecule has 0 spiro atoms. The first-order valence-electron chi connectivity index (χ1n) is 9.71. The van der Waals surface area contributed by atoms with Crippen molar-refractivity contribution in [3.8, 4) is 5.00 Å². The fraction of sp³-hybridized carbons (Fsp3) is 0.174. The summed E-state index contributed by atoms with van der Waals surface area (Å²) in [5, 5.41) is 22.1. The molecule has 0 saturated carbocycles. The molecule has 0 aliphatic heterocycles. The van der Waals surface area contributed by atoms with Crippen LogP contribution < -0.4 is 5.32 Å². The highest BCUT2D eigenvalue weighted by Gasteiger charge is 2.23. The summed E-state index contributed by atoms with van der Waals surface area (Å²) in [4.78, 5) is 1.11. The summed E-state index contributed by atoms with van der Waals surface area (Å²) in [6, 6.07) is 13.9. The van der Waals surface area contributed by atoms with Crippen LogP contribution in [0.5, 0.6) is 0 Å². The Morgan fingerprint density at radius 2 is 1.81 bits per heavy atom. The quantitative estimate of drug-likeness (QED) is 0.348. The van der Waals surface area contributed by atoms with Gasteiger partial charge in [-0.05, 0) is 44.5 Å². The molecule has 2 aromatic carbocycles. The molecule has 0 aliphatic carbocycles. The first kappa shape index (κ1) is 21.2. The zero-order valence-electron chi connectivity index (χ0n) is 17.3. The molecule has 0 bridgehead atoms. The number of thiophene rings is 1. The van der Waals surface area contributed by atoms with E-state index in [2.05, 4.69) is 15.5 Å². The average molecular weight is 454 g/mol. The van der Waals surface area contributed by atoms with Crippen LogP contribution in [0.3, 0.4) is 0 Å². The Morgan fingerprint density at radius 3 is 2.52 bits per heavy atom. The molecule has 31 heavy (non-hydrogen) atoms. The van der Waals surface area contributed by atoms with Gasteiger partial charge < -0.3 is 5.32 Å². The number of nitrogens with zero attached hydrogens (tertiary/aromatic N) is 3. The zero-order valence-corrected chi connectivity index (χ0v) is 18.9. The molecule has 2 heterocycles. The molecule has 5 nitrogen and oxygen atoms in total. The lowest BCUT2D eigenvalue weighted by Crippen LogP contribution is -2.11. The van der Waals surface area contributed by atoms with Crippen LogP contribution in [0.25, 0.3) is 5.00 Å². The molecular weight excluding hydrogens is 433 g/mol. The minimum atomic E-state index is -0.272. The second kappa shape index (κ2) is 8.61. The molecule has 2 aromatic heterocycles. The molecule has 0 amide bonds. The first-order valence-corrected chi connectivity index (χ1v) is 10.9. The van der Waals surface area contributed by atoms with Crippen LogP contribution in [0.1, 0.15) is 33.0 Å². The molecule has 0 unspecified atom stereocenters. The largest absolute Gasteiger partial charge is 0.350 e. The minimum absolute atomic E-state index is 0.272. The predicted octanol–water partition coefficient (Wildman–Crippen LogP) is 6.07. The second-order valence-corrected chi connectivity index (χ2v) is 8.84. The summed E-state index contributed by atoms with van der Waals surface area (Å²) in [6.45, 7) is 6.19. The highest BCUT2D eigenvalue weighted by atomic mass is 35.5. The average Bonchev–Trinajstić information content (AvgIpc) is 3.26. The summed E-state index contributed by atoms with van der Waals surface area (Å²) < 4.78 is 15.9. The highest BCUT2D eigenvalue weighted by Crippen LogP contribution is 2.35. The van der Waals surface area contributed by atoms with Crippen molar-refractivity contribution in [1.82, 2.24) is 14.8 Å². The molecule has 4 aromatic rings. The number of aromatic nitrogens is 3. The van der Waals surface area contributed by atoms with Crippen LogP contribution in [0.4, 0.5) is 10.3 Å². The zero-order chi connectivity index (χ0) is 22.1. The van der Waals surface area contributed by atoms with Crippen LogP contribution in [0.2, 0.25) is 5.02 Å². The fourth-order valence-electron chi connectivity index (χ4n) is 3.36. The maximum Gasteiger partial charge on any atom is 0.230 e. The van der Waals surface area contributed by atoms with Gasteiger partial charge in [0, 0.05) is 33.1 Å². The third-order valence-electron chi connectivity index (χ3n) is 5.17. The topological polar surface area (TPSA) is 66.6 Å². The van der Waals surface area contributed by atoms with Crippen molar-refractivity contribution in [3.63, 3.8) is 0 Å². The summed E-state index contributed by atoms with van der Waals surface area (Å²) in [6.07, 6.45) is 0. The van der Waals surface area contributed by atoms with Crippen molar-refractivity contribution in [3.05, 3.63) is 92.3 Å². The number of aryl methyl sites for hydroxylation is 2. The standard InChI is InChI=1S/C23H21ClFN5S/c1-13-14(2)31-22(20(13)21(26)16-8-10-18(24)11-9-16)30-15(3)28-29-23(30)27-12-17-6-4-5-7-19(17)25/h4-11,26H,12H2,1-3H3,(H,27,29). The summed E-state index contributed by atoms with van der Waals surface area (Å²) in [7, 11) is 0. The molecule has 158 valence electrons. The van der Waals surface area contributed by atoms with Gasteiger partial charge in [-0.3, -0.25) is 9.98 Å². The van der Waals surface area contributed by atoms with E-state index in [1.807, 2.05) is 37.5 Å². The predicted molar refractivity (Wildman–Crippen MR) is 125 cm³/mol. The Bertz CT molecular complexity index is 1260. The first-order chi connectivity index (χ1) is 14.9. The van der Waals surface area contributed by atoms with Gasteiger partial charge in [-0.1, -0.05) is 41.9 Å². The van der Waals surface area contributed by atoms with Gasteiger partial charge in [0.1, 0.15) is 16.6 Å². The monoisotopic (exact) mass is 453 g/mol. The van der Waals surface area contributed by atoms with Crippen LogP contribution in [0, 0.1) is 32.0 Å². The van der Waals surface area contributed by atoms with E-state index >= 15 is 0 Å². The van der Waals surface area contributed by atoms with Gasteiger partial charge in [-0.25, -0.2) is 4.39 Å². The smallest absolute Gasteiger partial charge is 0.230 e. The van der Waals surface area contributed by atoms with E-state index in [-0.39, 0.29) is 12.4 Å². The van der Waals surface area contributed by atoms with Gasteiger partial charge in [-0.2, -0.15) is 0 Å². The molecule has 0 saturated heterocycles. The van der Waals surface area contributed by atoms with E-state index < -0.39 is 0 Å². The number of nitrogens with one attached hydrogen (secondary N) is 2. The maximum atomic E-state index is 14.0. The van der Waals surface area contributed by atoms with Gasteiger partial charge in [0.2, 0.25) is 5.95 Å². The van der Waals surface area contributed by atoms with Crippen molar-refractivity contribution in [2.45, 2.75) is 27.3 Å². The van der Waals surface area contributed by atoms with Crippen LogP contribution in [-0.4, -0.2) is 20.5 Å². The lowest BCUT2D eigenvalue weighted by Gasteiger charge is -2.13. The second-order valence-electron chi connectivity index (χ2n) is 7.20. The number of anilines is 1. The Morgan fingerprint density at radius 1 is 1.10 bits per heavy atom. The van der Waals surface area contributed by atoms with E-state index in [1.165, 1.54) is 6.07 Å². The van der Waals surface area contributed by atoms with E-state index in [1.54, 1.807) is 41.7 Å². The molecule has 0 atom stereocenters. The minimum Gasteiger partial charge on any atom is -0.350 e. The van der Waals surface area contributed by atoms with Crippen molar-refractivity contribution in [2.75, 3.05) is 5.32 Å². The number of halogens is 2. The molecule has 2 N–H and O–H groups in total. The SMILES string of the molecule is Cc1sc(-n2c(C)nnc2NCc2ccccc2F)c(C(=N)c2ccc(Cl)cc2)c1C. The molecule has 0 fully saturated rings. The van der Waals surface area contributed by atoms with E-state index in [0.29, 0.717) is 28.1 Å². The Hall–Kier alpha value is -3.03. The summed E-state index contributed by atoms with van der Waals surface area (Å²) in [5.74, 6) is 0.917. The van der Waals surface area contributed by atoms with Crippen molar-refractivity contribution >= 4 is 34.6 Å². The normalized spacial score (nSPS) is 11.0. The van der Waals surface area contributed by atoms with E-state index in [9.17, 15) is 4.39 Å². The molecule has 8 heteroatoms. The van der Waals surface area contributed by atoms with Gasteiger partial charge in [0.15, 0.2) is 0 Å². The van der Waals surface area contributed by atoms with Crippen LogP contribution in [-0.2, 0) is 6.54 Å². The summed E-state index contributed by atoms with van der Waals surface area (Å²) >= 11 is 7.60. The third-order valence-corrected chi connectivity index (χ3v) is 6.62. The van der Waals surface area contributed by atoms with Crippen LogP contribution in [0.15, 0.2) is 48.5 Å². The van der Waals surface area contributed by atoms with Crippen molar-refractivity contribution in [1.29, 1.82) is 5.41 Å². The molecule has 0 aliphatic rings. The van der Waals surface area contributed by atoms with Gasteiger partial charge in [-0.15, -0.1) is 21.5 Å². The number of hydrogen-bond acceptors (Lipinski definition) is 5. The number of rotatable bonds is 6. The molecule has 0 radical (unpaired) electrons. The number of hydrogen-bond donors (Lipinski definition) is 2. The third kappa shape index (κ3) is 4.11. The van der Waals surface area contributed by atoms with Gasteiger partial charge >= 0.3 is 0 Å². The molecular formula is C23H21ClFN5S. The lowest BCUT2D eigenvalue weighted by molar-refractivity contribution is 0.612.